The molecule has 0 bridgehead atoms. The third kappa shape index (κ3) is 5.88. The first-order chi connectivity index (χ1) is 10.0. The molecule has 1 atom stereocenters. The Labute approximate surface area is 150 Å². The van der Waals surface area contributed by atoms with E-state index in [1.165, 1.54) is 12.1 Å². The zero-order valence-corrected chi connectivity index (χ0v) is 15.4. The van der Waals surface area contributed by atoms with Crippen molar-refractivity contribution in [1.29, 1.82) is 0 Å². The number of nitrogens with zero attached hydrogens (tertiary/aromatic N) is 1. The number of aliphatic hydroxyl groups is 1. The van der Waals surface area contributed by atoms with Gasteiger partial charge in [-0.3, -0.25) is 4.99 Å². The topological polar surface area (TPSA) is 56.7 Å². The Hall–Kier alpha value is -0.610. The van der Waals surface area contributed by atoms with Gasteiger partial charge in [-0.2, -0.15) is 11.8 Å². The molecular formula is C14H20F2IN3OS. The summed E-state index contributed by atoms with van der Waals surface area (Å²) in [7, 11) is 1.61. The lowest BCUT2D eigenvalue weighted by atomic mass is 10.0. The highest BCUT2D eigenvalue weighted by molar-refractivity contribution is 14.0. The second-order valence-corrected chi connectivity index (χ2v) is 6.19. The summed E-state index contributed by atoms with van der Waals surface area (Å²) < 4.78 is 26.2. The first kappa shape index (κ1) is 19.4. The van der Waals surface area contributed by atoms with E-state index < -0.39 is 17.2 Å². The maximum absolute atomic E-state index is 13.1. The van der Waals surface area contributed by atoms with Gasteiger partial charge in [0.25, 0.3) is 0 Å². The van der Waals surface area contributed by atoms with Gasteiger partial charge in [0.05, 0.1) is 5.60 Å². The van der Waals surface area contributed by atoms with Crippen LogP contribution in [0.3, 0.4) is 0 Å². The minimum absolute atomic E-state index is 0. The summed E-state index contributed by atoms with van der Waals surface area (Å²) in [6.45, 7) is 0.652. The zero-order valence-electron chi connectivity index (χ0n) is 12.2. The van der Waals surface area contributed by atoms with Gasteiger partial charge in [-0.25, -0.2) is 8.78 Å². The van der Waals surface area contributed by atoms with Crippen molar-refractivity contribution in [2.75, 3.05) is 25.1 Å². The molecule has 0 aliphatic carbocycles. The molecule has 1 aliphatic heterocycles. The van der Waals surface area contributed by atoms with Crippen molar-refractivity contribution in [3.63, 3.8) is 0 Å². The quantitative estimate of drug-likeness (QED) is 0.379. The Morgan fingerprint density at radius 3 is 2.55 bits per heavy atom. The average molecular weight is 443 g/mol. The number of nitrogens with one attached hydrogen (secondary N) is 2. The van der Waals surface area contributed by atoms with Crippen LogP contribution >= 0.6 is 35.7 Å². The van der Waals surface area contributed by atoms with E-state index in [0.717, 1.165) is 18.2 Å². The Bertz CT molecular complexity index is 505. The standard InChI is InChI=1S/C14H19F2N3OS.HI/c1-17-13(19-8-14(20)2-3-21-9-14)18-7-10-4-11(15)6-12(16)5-10;/h4-6,20H,2-3,7-9H2,1H3,(H2,17,18,19);1H. The highest BCUT2D eigenvalue weighted by atomic mass is 127. The van der Waals surface area contributed by atoms with Gasteiger partial charge < -0.3 is 15.7 Å². The van der Waals surface area contributed by atoms with E-state index in [0.29, 0.717) is 23.8 Å². The predicted molar refractivity (Wildman–Crippen MR) is 96.9 cm³/mol. The fourth-order valence-corrected chi connectivity index (χ4v) is 3.40. The summed E-state index contributed by atoms with van der Waals surface area (Å²) >= 11 is 1.72. The third-order valence-electron chi connectivity index (χ3n) is 3.27. The maximum atomic E-state index is 13.1. The average Bonchev–Trinajstić information content (AvgIpc) is 2.85. The number of guanidine groups is 1. The minimum Gasteiger partial charge on any atom is -0.387 e. The molecule has 2 rings (SSSR count). The number of hydrogen-bond acceptors (Lipinski definition) is 3. The van der Waals surface area contributed by atoms with Gasteiger partial charge in [-0.15, -0.1) is 24.0 Å². The molecule has 22 heavy (non-hydrogen) atoms. The minimum atomic E-state index is -0.715. The summed E-state index contributed by atoms with van der Waals surface area (Å²) in [5.74, 6) is 0.933. The predicted octanol–water partition coefficient (Wildman–Crippen LogP) is 2.12. The van der Waals surface area contributed by atoms with Gasteiger partial charge in [-0.05, 0) is 29.9 Å². The van der Waals surface area contributed by atoms with E-state index in [1.807, 2.05) is 0 Å². The molecule has 0 radical (unpaired) electrons. The van der Waals surface area contributed by atoms with Crippen LogP contribution < -0.4 is 10.6 Å². The smallest absolute Gasteiger partial charge is 0.191 e. The second kappa shape index (κ2) is 8.88. The lowest BCUT2D eigenvalue weighted by molar-refractivity contribution is 0.0724. The summed E-state index contributed by atoms with van der Waals surface area (Å²) in [5.41, 5.74) is -0.224. The van der Waals surface area contributed by atoms with Gasteiger partial charge >= 0.3 is 0 Å². The van der Waals surface area contributed by atoms with Crippen LogP contribution in [0.25, 0.3) is 0 Å². The van der Waals surface area contributed by atoms with Crippen LogP contribution in [0.15, 0.2) is 23.2 Å². The van der Waals surface area contributed by atoms with Crippen molar-refractivity contribution in [2.24, 2.45) is 4.99 Å². The van der Waals surface area contributed by atoms with E-state index in [1.54, 1.807) is 18.8 Å². The summed E-state index contributed by atoms with van der Waals surface area (Å²) in [6.07, 6.45) is 0.747. The normalized spacial score (nSPS) is 21.4. The molecule has 1 heterocycles. The van der Waals surface area contributed by atoms with Gasteiger partial charge in [0.1, 0.15) is 11.6 Å². The van der Waals surface area contributed by atoms with Crippen LogP contribution in [0.4, 0.5) is 8.78 Å². The molecule has 0 amide bonds. The first-order valence-corrected chi connectivity index (χ1v) is 7.86. The van der Waals surface area contributed by atoms with Crippen molar-refractivity contribution in [2.45, 2.75) is 18.6 Å². The van der Waals surface area contributed by atoms with Gasteiger partial charge in [0, 0.05) is 32.0 Å². The molecule has 1 saturated heterocycles. The fourth-order valence-electron chi connectivity index (χ4n) is 2.10. The van der Waals surface area contributed by atoms with Crippen molar-refractivity contribution >= 4 is 41.7 Å². The molecule has 1 unspecified atom stereocenters. The van der Waals surface area contributed by atoms with Crippen molar-refractivity contribution in [3.05, 3.63) is 35.4 Å². The van der Waals surface area contributed by atoms with Crippen LogP contribution in [-0.2, 0) is 6.54 Å². The molecule has 1 fully saturated rings. The number of rotatable bonds is 4. The van der Waals surface area contributed by atoms with Crippen LogP contribution in [0.1, 0.15) is 12.0 Å². The van der Waals surface area contributed by atoms with Crippen LogP contribution in [0, 0.1) is 11.6 Å². The number of aliphatic imine (C=N–C) groups is 1. The molecule has 1 aliphatic rings. The molecule has 1 aromatic carbocycles. The van der Waals surface area contributed by atoms with Crippen molar-refractivity contribution in [1.82, 2.24) is 10.6 Å². The fraction of sp³-hybridized carbons (Fsp3) is 0.500. The Morgan fingerprint density at radius 2 is 2.00 bits per heavy atom. The van der Waals surface area contributed by atoms with Crippen LogP contribution in [0.2, 0.25) is 0 Å². The molecule has 0 saturated carbocycles. The summed E-state index contributed by atoms with van der Waals surface area (Å²) in [5, 5.41) is 16.2. The maximum Gasteiger partial charge on any atom is 0.191 e. The largest absolute Gasteiger partial charge is 0.387 e. The second-order valence-electron chi connectivity index (χ2n) is 5.08. The van der Waals surface area contributed by atoms with E-state index in [2.05, 4.69) is 15.6 Å². The molecular weight excluding hydrogens is 423 g/mol. The number of benzene rings is 1. The molecule has 0 aromatic heterocycles. The van der Waals surface area contributed by atoms with Gasteiger partial charge in [0.2, 0.25) is 0 Å². The molecule has 1 aromatic rings. The van der Waals surface area contributed by atoms with Crippen LogP contribution in [-0.4, -0.2) is 41.8 Å². The lowest BCUT2D eigenvalue weighted by Crippen LogP contribution is -2.47. The molecule has 124 valence electrons. The molecule has 3 N–H and O–H groups in total. The summed E-state index contributed by atoms with van der Waals surface area (Å²) in [6, 6.07) is 3.37. The molecule has 0 spiro atoms. The SMILES string of the molecule is CN=C(NCc1cc(F)cc(F)c1)NCC1(O)CCSC1.I. The van der Waals surface area contributed by atoms with E-state index in [4.69, 9.17) is 0 Å². The highest BCUT2D eigenvalue weighted by Crippen LogP contribution is 2.26. The number of halogens is 3. The number of hydrogen-bond donors (Lipinski definition) is 3. The zero-order chi connectivity index (χ0) is 15.3. The van der Waals surface area contributed by atoms with E-state index in [-0.39, 0.29) is 30.5 Å². The Balaban J connectivity index is 0.00000242. The van der Waals surface area contributed by atoms with Gasteiger partial charge in [-0.1, -0.05) is 0 Å². The molecule has 8 heteroatoms. The monoisotopic (exact) mass is 443 g/mol. The Morgan fingerprint density at radius 1 is 1.32 bits per heavy atom. The highest BCUT2D eigenvalue weighted by Gasteiger charge is 2.31. The van der Waals surface area contributed by atoms with Crippen LogP contribution in [0.5, 0.6) is 0 Å². The van der Waals surface area contributed by atoms with Gasteiger partial charge in [0.15, 0.2) is 5.96 Å². The lowest BCUT2D eigenvalue weighted by Gasteiger charge is -2.23. The third-order valence-corrected chi connectivity index (χ3v) is 4.51. The van der Waals surface area contributed by atoms with E-state index in [9.17, 15) is 13.9 Å². The first-order valence-electron chi connectivity index (χ1n) is 6.70. The van der Waals surface area contributed by atoms with Crippen molar-refractivity contribution in [3.8, 4) is 0 Å². The van der Waals surface area contributed by atoms with E-state index >= 15 is 0 Å². The number of thioether (sulfide) groups is 1. The molecule has 4 nitrogen and oxygen atoms in total. The Kier molecular flexibility index (Phi) is 7.84. The van der Waals surface area contributed by atoms with Crippen molar-refractivity contribution < 1.29 is 13.9 Å². The summed E-state index contributed by atoms with van der Waals surface area (Å²) in [4.78, 5) is 4.03.